The van der Waals surface area contributed by atoms with Crippen LogP contribution in [0.2, 0.25) is 0 Å². The van der Waals surface area contributed by atoms with Gasteiger partial charge in [-0.15, -0.1) is 11.6 Å². The summed E-state index contributed by atoms with van der Waals surface area (Å²) in [6.07, 6.45) is 1.79. The van der Waals surface area contributed by atoms with Gasteiger partial charge < -0.3 is 5.32 Å². The van der Waals surface area contributed by atoms with Crippen molar-refractivity contribution in [2.75, 3.05) is 19.0 Å². The summed E-state index contributed by atoms with van der Waals surface area (Å²) < 4.78 is 26.6. The highest BCUT2D eigenvalue weighted by Crippen LogP contribution is 2.23. The molecule has 1 fully saturated rings. The van der Waals surface area contributed by atoms with E-state index in [0.29, 0.717) is 18.7 Å². The van der Waals surface area contributed by atoms with Crippen molar-refractivity contribution in [3.63, 3.8) is 0 Å². The Hall–Kier alpha value is -1.11. The van der Waals surface area contributed by atoms with Gasteiger partial charge in [0.2, 0.25) is 15.9 Å². The van der Waals surface area contributed by atoms with Crippen LogP contribution in [0.3, 0.4) is 0 Å². The van der Waals surface area contributed by atoms with Gasteiger partial charge in [0.25, 0.3) is 0 Å². The Balaban J connectivity index is 2.25. The fourth-order valence-corrected chi connectivity index (χ4v) is 4.04. The molecule has 0 spiro atoms. The Kier molecular flexibility index (Phi) is 5.01. The van der Waals surface area contributed by atoms with Gasteiger partial charge in [-0.25, -0.2) is 8.42 Å². The van der Waals surface area contributed by atoms with Gasteiger partial charge >= 0.3 is 0 Å². The van der Waals surface area contributed by atoms with Crippen LogP contribution < -0.4 is 5.32 Å². The Morgan fingerprint density at radius 3 is 2.55 bits per heavy atom. The molecular formula is C13H17ClN2O3S. The summed E-state index contributed by atoms with van der Waals surface area (Å²) in [5.74, 6) is -0.457. The molecule has 20 heavy (non-hydrogen) atoms. The second-order valence-corrected chi connectivity index (χ2v) is 6.80. The predicted molar refractivity (Wildman–Crippen MR) is 77.0 cm³/mol. The number of amides is 1. The number of hydrogen-bond donors (Lipinski definition) is 1. The molecule has 1 amide bonds. The lowest BCUT2D eigenvalue weighted by Crippen LogP contribution is -2.30. The van der Waals surface area contributed by atoms with Crippen LogP contribution in [0.5, 0.6) is 0 Å². The molecule has 1 aromatic rings. The minimum absolute atomic E-state index is 0.138. The average molecular weight is 317 g/mol. The zero-order valence-corrected chi connectivity index (χ0v) is 12.6. The lowest BCUT2D eigenvalue weighted by molar-refractivity contribution is -0.118. The van der Waals surface area contributed by atoms with Crippen molar-refractivity contribution < 1.29 is 13.2 Å². The summed E-state index contributed by atoms with van der Waals surface area (Å²) in [4.78, 5) is 11.5. The lowest BCUT2D eigenvalue weighted by atomic mass is 10.2. The predicted octanol–water partition coefficient (Wildman–Crippen LogP) is 1.33. The summed E-state index contributed by atoms with van der Waals surface area (Å²) in [5, 5.41) is 2.60. The molecule has 1 aliphatic heterocycles. The van der Waals surface area contributed by atoms with E-state index in [1.54, 1.807) is 24.3 Å². The van der Waals surface area contributed by atoms with Crippen LogP contribution in [0.1, 0.15) is 18.4 Å². The maximum absolute atomic E-state index is 12.6. The number of carbonyl (C=O) groups is 1. The van der Waals surface area contributed by atoms with Crippen molar-refractivity contribution in [3.8, 4) is 0 Å². The van der Waals surface area contributed by atoms with Crippen LogP contribution >= 0.6 is 11.6 Å². The minimum atomic E-state index is -3.47. The second kappa shape index (κ2) is 6.56. The molecule has 0 saturated carbocycles. The molecular weight excluding hydrogens is 300 g/mol. The largest absolute Gasteiger partial charge is 0.351 e. The molecule has 1 aromatic carbocycles. The summed E-state index contributed by atoms with van der Waals surface area (Å²) in [6.45, 7) is 1.28. The Morgan fingerprint density at radius 1 is 1.25 bits per heavy atom. The molecule has 1 aliphatic rings. The Morgan fingerprint density at radius 2 is 1.90 bits per heavy atom. The van der Waals surface area contributed by atoms with Crippen molar-refractivity contribution in [3.05, 3.63) is 29.8 Å². The molecule has 2 rings (SSSR count). The lowest BCUT2D eigenvalue weighted by Gasteiger charge is -2.18. The summed E-state index contributed by atoms with van der Waals surface area (Å²) in [6, 6.07) is 6.73. The SMILES string of the molecule is O=C(CCl)NCc1ccccc1S(=O)(=O)N1CCCC1. The number of carbonyl (C=O) groups excluding carboxylic acids is 1. The van der Waals surface area contributed by atoms with E-state index in [1.165, 1.54) is 4.31 Å². The van der Waals surface area contributed by atoms with E-state index in [2.05, 4.69) is 5.32 Å². The van der Waals surface area contributed by atoms with Gasteiger partial charge in [0, 0.05) is 19.6 Å². The van der Waals surface area contributed by atoms with Crippen LogP contribution in [0.25, 0.3) is 0 Å². The van der Waals surface area contributed by atoms with Crippen LogP contribution in [-0.2, 0) is 21.4 Å². The van der Waals surface area contributed by atoms with Gasteiger partial charge in [-0.2, -0.15) is 4.31 Å². The van der Waals surface area contributed by atoms with E-state index in [0.717, 1.165) is 12.8 Å². The van der Waals surface area contributed by atoms with Crippen molar-refractivity contribution in [1.29, 1.82) is 0 Å². The summed E-state index contributed by atoms with van der Waals surface area (Å²) in [5.41, 5.74) is 0.581. The number of sulfonamides is 1. The van der Waals surface area contributed by atoms with Crippen LogP contribution in [0.4, 0.5) is 0 Å². The number of halogens is 1. The van der Waals surface area contributed by atoms with Crippen molar-refractivity contribution in [1.82, 2.24) is 9.62 Å². The van der Waals surface area contributed by atoms with Crippen molar-refractivity contribution in [2.24, 2.45) is 0 Å². The molecule has 0 radical (unpaired) electrons. The second-order valence-electron chi connectivity index (χ2n) is 4.63. The molecule has 0 aromatic heterocycles. The monoisotopic (exact) mass is 316 g/mol. The zero-order chi connectivity index (χ0) is 14.6. The molecule has 5 nitrogen and oxygen atoms in total. The van der Waals surface area contributed by atoms with Crippen LogP contribution in [0, 0.1) is 0 Å². The van der Waals surface area contributed by atoms with Crippen LogP contribution in [-0.4, -0.2) is 37.6 Å². The van der Waals surface area contributed by atoms with Gasteiger partial charge in [0.05, 0.1) is 4.90 Å². The third kappa shape index (κ3) is 3.31. The van der Waals surface area contributed by atoms with E-state index < -0.39 is 10.0 Å². The molecule has 0 aliphatic carbocycles. The fraction of sp³-hybridized carbons (Fsp3) is 0.462. The molecule has 1 heterocycles. The molecule has 7 heteroatoms. The maximum atomic E-state index is 12.6. The number of hydrogen-bond acceptors (Lipinski definition) is 3. The van der Waals surface area contributed by atoms with E-state index >= 15 is 0 Å². The fourth-order valence-electron chi connectivity index (χ4n) is 2.21. The highest BCUT2D eigenvalue weighted by atomic mass is 35.5. The zero-order valence-electron chi connectivity index (χ0n) is 11.0. The van der Waals surface area contributed by atoms with Gasteiger partial charge in [-0.3, -0.25) is 4.79 Å². The first kappa shape index (κ1) is 15.3. The molecule has 110 valence electrons. The summed E-state index contributed by atoms with van der Waals surface area (Å²) >= 11 is 5.41. The number of benzene rings is 1. The number of nitrogens with zero attached hydrogens (tertiary/aromatic N) is 1. The summed E-state index contributed by atoms with van der Waals surface area (Å²) in [7, 11) is -3.47. The third-order valence-corrected chi connectivity index (χ3v) is 5.49. The first-order valence-corrected chi connectivity index (χ1v) is 8.44. The van der Waals surface area contributed by atoms with Gasteiger partial charge in [-0.1, -0.05) is 18.2 Å². The molecule has 1 saturated heterocycles. The number of rotatable bonds is 5. The van der Waals surface area contributed by atoms with E-state index in [4.69, 9.17) is 11.6 Å². The van der Waals surface area contributed by atoms with E-state index in [-0.39, 0.29) is 23.2 Å². The molecule has 1 N–H and O–H groups in total. The molecule has 0 bridgehead atoms. The standard InChI is InChI=1S/C13H17ClN2O3S/c14-9-13(17)15-10-11-5-1-2-6-12(11)20(18,19)16-7-3-4-8-16/h1-2,5-6H,3-4,7-10H2,(H,15,17). The highest BCUT2D eigenvalue weighted by Gasteiger charge is 2.28. The molecule has 0 unspecified atom stereocenters. The van der Waals surface area contributed by atoms with Crippen LogP contribution in [0.15, 0.2) is 29.2 Å². The maximum Gasteiger partial charge on any atom is 0.243 e. The van der Waals surface area contributed by atoms with Crippen molar-refractivity contribution >= 4 is 27.5 Å². The van der Waals surface area contributed by atoms with Gasteiger partial charge in [-0.05, 0) is 24.5 Å². The highest BCUT2D eigenvalue weighted by molar-refractivity contribution is 7.89. The van der Waals surface area contributed by atoms with E-state index in [9.17, 15) is 13.2 Å². The Labute approximate surface area is 124 Å². The van der Waals surface area contributed by atoms with Gasteiger partial charge in [0.1, 0.15) is 5.88 Å². The third-order valence-electron chi connectivity index (χ3n) is 3.25. The Bertz CT molecular complexity index is 583. The number of alkyl halides is 1. The quantitative estimate of drug-likeness (QED) is 0.833. The first-order chi connectivity index (χ1) is 9.55. The molecule has 0 atom stereocenters. The first-order valence-electron chi connectivity index (χ1n) is 6.46. The normalized spacial score (nSPS) is 16.2. The average Bonchev–Trinajstić information content (AvgIpc) is 3.00. The smallest absolute Gasteiger partial charge is 0.243 e. The van der Waals surface area contributed by atoms with E-state index in [1.807, 2.05) is 0 Å². The van der Waals surface area contributed by atoms with Crippen molar-refractivity contribution in [2.45, 2.75) is 24.3 Å². The van der Waals surface area contributed by atoms with Gasteiger partial charge in [0.15, 0.2) is 0 Å². The number of nitrogens with one attached hydrogen (secondary N) is 1. The topological polar surface area (TPSA) is 66.5 Å². The minimum Gasteiger partial charge on any atom is -0.351 e.